The minimum absolute atomic E-state index is 0.199. The van der Waals surface area contributed by atoms with Crippen molar-refractivity contribution in [3.8, 4) is 0 Å². The lowest BCUT2D eigenvalue weighted by molar-refractivity contribution is 0.0950. The summed E-state index contributed by atoms with van der Waals surface area (Å²) in [6, 6.07) is 7.57. The predicted octanol–water partition coefficient (Wildman–Crippen LogP) is 2.70. The number of nitrogens with one attached hydrogen (secondary N) is 2. The summed E-state index contributed by atoms with van der Waals surface area (Å²) in [7, 11) is 0. The van der Waals surface area contributed by atoms with Crippen molar-refractivity contribution < 1.29 is 4.79 Å². The molecule has 0 radical (unpaired) electrons. The van der Waals surface area contributed by atoms with Crippen molar-refractivity contribution in [2.75, 3.05) is 18.4 Å². The van der Waals surface area contributed by atoms with Gasteiger partial charge in [-0.15, -0.1) is 21.5 Å². The van der Waals surface area contributed by atoms with Crippen molar-refractivity contribution in [3.63, 3.8) is 0 Å². The molecular weight excluding hydrogens is 340 g/mol. The fraction of sp³-hybridized carbons (Fsp3) is 0.308. The Morgan fingerprint density at radius 2 is 2.15 bits per heavy atom. The Balaban J connectivity index is 1.83. The minimum atomic E-state index is -0.199. The number of hydrogen-bond acceptors (Lipinski definition) is 5. The molecule has 0 aliphatic heterocycles. The molecule has 0 aromatic carbocycles. The lowest BCUT2D eigenvalue weighted by Crippen LogP contribution is -2.24. The van der Waals surface area contributed by atoms with Gasteiger partial charge in [0.25, 0.3) is 5.91 Å². The van der Waals surface area contributed by atoms with E-state index in [1.807, 2.05) is 13.0 Å². The van der Waals surface area contributed by atoms with Gasteiger partial charge in [0.15, 0.2) is 5.69 Å². The standard InChI is InChI=1S/C13H15BrN4OS/c1-2-15-13(19)10-4-6-12(18-17-10)16-8-7-9-3-5-11(14)20-9/h3-6H,2,7-8H2,1H3,(H,15,19)(H,16,18). The Bertz CT molecular complexity index is 570. The molecule has 2 N–H and O–H groups in total. The van der Waals surface area contributed by atoms with Crippen molar-refractivity contribution in [1.82, 2.24) is 15.5 Å². The SMILES string of the molecule is CCNC(=O)c1ccc(NCCc2ccc(Br)s2)nn1. The van der Waals surface area contributed by atoms with E-state index in [4.69, 9.17) is 0 Å². The lowest BCUT2D eigenvalue weighted by Gasteiger charge is -2.05. The first-order chi connectivity index (χ1) is 9.69. The average molecular weight is 355 g/mol. The fourth-order valence-corrected chi connectivity index (χ4v) is 3.08. The topological polar surface area (TPSA) is 66.9 Å². The van der Waals surface area contributed by atoms with E-state index in [1.165, 1.54) is 4.88 Å². The van der Waals surface area contributed by atoms with E-state index >= 15 is 0 Å². The zero-order chi connectivity index (χ0) is 14.4. The van der Waals surface area contributed by atoms with Crippen molar-refractivity contribution >= 4 is 39.0 Å². The molecule has 0 spiro atoms. The third-order valence-corrected chi connectivity index (χ3v) is 4.22. The smallest absolute Gasteiger partial charge is 0.271 e. The van der Waals surface area contributed by atoms with Gasteiger partial charge in [0.05, 0.1) is 3.79 Å². The van der Waals surface area contributed by atoms with Crippen LogP contribution in [0.25, 0.3) is 0 Å². The summed E-state index contributed by atoms with van der Waals surface area (Å²) >= 11 is 5.16. The third-order valence-electron chi connectivity index (χ3n) is 2.54. The highest BCUT2D eigenvalue weighted by molar-refractivity contribution is 9.11. The summed E-state index contributed by atoms with van der Waals surface area (Å²) < 4.78 is 1.14. The molecular formula is C13H15BrN4OS. The minimum Gasteiger partial charge on any atom is -0.368 e. The van der Waals surface area contributed by atoms with Crippen molar-refractivity contribution in [2.24, 2.45) is 0 Å². The van der Waals surface area contributed by atoms with E-state index < -0.39 is 0 Å². The molecule has 2 aromatic heterocycles. The molecule has 2 heterocycles. The Morgan fingerprint density at radius 1 is 1.30 bits per heavy atom. The van der Waals surface area contributed by atoms with Crippen LogP contribution in [0.4, 0.5) is 5.82 Å². The molecule has 0 bridgehead atoms. The van der Waals surface area contributed by atoms with Gasteiger partial charge >= 0.3 is 0 Å². The molecule has 0 atom stereocenters. The van der Waals surface area contributed by atoms with Crippen LogP contribution in [-0.4, -0.2) is 29.2 Å². The maximum atomic E-state index is 11.5. The molecule has 0 saturated heterocycles. The van der Waals surface area contributed by atoms with Gasteiger partial charge in [0.1, 0.15) is 5.82 Å². The highest BCUT2D eigenvalue weighted by Gasteiger charge is 2.06. The Hall–Kier alpha value is -1.47. The van der Waals surface area contributed by atoms with Gasteiger partial charge in [-0.2, -0.15) is 0 Å². The van der Waals surface area contributed by atoms with Gasteiger partial charge in [-0.1, -0.05) is 0 Å². The van der Waals surface area contributed by atoms with Gasteiger partial charge in [-0.3, -0.25) is 4.79 Å². The number of halogens is 1. The van der Waals surface area contributed by atoms with Crippen LogP contribution in [-0.2, 0) is 6.42 Å². The summed E-state index contributed by atoms with van der Waals surface area (Å²) in [5, 5.41) is 13.8. The monoisotopic (exact) mass is 354 g/mol. The first-order valence-electron chi connectivity index (χ1n) is 6.29. The Morgan fingerprint density at radius 3 is 2.75 bits per heavy atom. The summed E-state index contributed by atoms with van der Waals surface area (Å²) in [6.07, 6.45) is 0.927. The molecule has 2 aromatic rings. The quantitative estimate of drug-likeness (QED) is 0.836. The molecule has 0 unspecified atom stereocenters. The van der Waals surface area contributed by atoms with E-state index in [2.05, 4.69) is 42.8 Å². The first-order valence-corrected chi connectivity index (χ1v) is 7.90. The normalized spacial score (nSPS) is 10.3. The molecule has 0 aliphatic carbocycles. The first kappa shape index (κ1) is 14.9. The van der Waals surface area contributed by atoms with Crippen LogP contribution in [0.1, 0.15) is 22.3 Å². The van der Waals surface area contributed by atoms with Crippen LogP contribution < -0.4 is 10.6 Å². The zero-order valence-electron chi connectivity index (χ0n) is 11.0. The number of aromatic nitrogens is 2. The van der Waals surface area contributed by atoms with E-state index in [0.29, 0.717) is 18.1 Å². The zero-order valence-corrected chi connectivity index (χ0v) is 13.4. The highest BCUT2D eigenvalue weighted by Crippen LogP contribution is 2.22. The molecule has 2 rings (SSSR count). The van der Waals surface area contributed by atoms with Crippen LogP contribution in [0.5, 0.6) is 0 Å². The second-order valence-corrected chi connectivity index (χ2v) is 6.59. The van der Waals surface area contributed by atoms with Gasteiger partial charge in [-0.25, -0.2) is 0 Å². The maximum absolute atomic E-state index is 11.5. The van der Waals surface area contributed by atoms with Gasteiger partial charge < -0.3 is 10.6 Å². The molecule has 106 valence electrons. The number of anilines is 1. The maximum Gasteiger partial charge on any atom is 0.271 e. The largest absolute Gasteiger partial charge is 0.368 e. The second kappa shape index (κ2) is 7.35. The summed E-state index contributed by atoms with van der Waals surface area (Å²) in [5.41, 5.74) is 0.333. The Kier molecular flexibility index (Phi) is 5.49. The molecule has 0 aliphatic rings. The predicted molar refractivity (Wildman–Crippen MR) is 84.3 cm³/mol. The van der Waals surface area contributed by atoms with E-state index in [9.17, 15) is 4.79 Å². The molecule has 1 amide bonds. The third kappa shape index (κ3) is 4.28. The van der Waals surface area contributed by atoms with Crippen LogP contribution in [0.2, 0.25) is 0 Å². The number of hydrogen-bond donors (Lipinski definition) is 2. The second-order valence-electron chi connectivity index (χ2n) is 4.05. The number of nitrogens with zero attached hydrogens (tertiary/aromatic N) is 2. The average Bonchev–Trinajstić information content (AvgIpc) is 2.85. The van der Waals surface area contributed by atoms with E-state index in [0.717, 1.165) is 16.8 Å². The summed E-state index contributed by atoms with van der Waals surface area (Å²) in [5.74, 6) is 0.476. The van der Waals surface area contributed by atoms with Crippen molar-refractivity contribution in [3.05, 3.63) is 38.6 Å². The number of rotatable bonds is 6. The highest BCUT2D eigenvalue weighted by atomic mass is 79.9. The molecule has 0 fully saturated rings. The molecule has 5 nitrogen and oxygen atoms in total. The molecule has 0 saturated carbocycles. The van der Waals surface area contributed by atoms with Crippen LogP contribution in [0.15, 0.2) is 28.1 Å². The fourth-order valence-electron chi connectivity index (χ4n) is 1.60. The number of amides is 1. The Labute approximate surface area is 129 Å². The van der Waals surface area contributed by atoms with E-state index in [1.54, 1.807) is 23.5 Å². The number of carbonyl (C=O) groups excluding carboxylic acids is 1. The van der Waals surface area contributed by atoms with Crippen molar-refractivity contribution in [1.29, 1.82) is 0 Å². The van der Waals surface area contributed by atoms with Gasteiger partial charge in [0.2, 0.25) is 0 Å². The number of carbonyl (C=O) groups is 1. The molecule has 20 heavy (non-hydrogen) atoms. The molecule has 7 heteroatoms. The summed E-state index contributed by atoms with van der Waals surface area (Å²) in [4.78, 5) is 12.8. The van der Waals surface area contributed by atoms with Gasteiger partial charge in [-0.05, 0) is 53.5 Å². The summed E-state index contributed by atoms with van der Waals surface area (Å²) in [6.45, 7) is 3.23. The lowest BCUT2D eigenvalue weighted by atomic mass is 10.3. The van der Waals surface area contributed by atoms with Crippen LogP contribution >= 0.6 is 27.3 Å². The van der Waals surface area contributed by atoms with Crippen molar-refractivity contribution in [2.45, 2.75) is 13.3 Å². The van der Waals surface area contributed by atoms with Gasteiger partial charge in [0, 0.05) is 18.0 Å². The number of thiophene rings is 1. The van der Waals surface area contributed by atoms with Crippen LogP contribution in [0, 0.1) is 0 Å². The van der Waals surface area contributed by atoms with Crippen LogP contribution in [0.3, 0.4) is 0 Å². The van der Waals surface area contributed by atoms with E-state index in [-0.39, 0.29) is 5.91 Å².